The molecule has 5 heteroatoms. The van der Waals surface area contributed by atoms with E-state index >= 15 is 0 Å². The van der Waals surface area contributed by atoms with Crippen LogP contribution in [0.4, 0.5) is 0 Å². The molecule has 0 aromatic carbocycles. The first-order valence-corrected chi connectivity index (χ1v) is 7.45. The van der Waals surface area contributed by atoms with Gasteiger partial charge in [0.15, 0.2) is 0 Å². The molecule has 2 atom stereocenters. The van der Waals surface area contributed by atoms with Gasteiger partial charge in [-0.3, -0.25) is 14.5 Å². The lowest BCUT2D eigenvalue weighted by Crippen LogP contribution is -2.29. The van der Waals surface area contributed by atoms with Crippen molar-refractivity contribution in [2.75, 3.05) is 6.61 Å². The molecule has 2 unspecified atom stereocenters. The second kappa shape index (κ2) is 6.21. The Labute approximate surface area is 122 Å². The van der Waals surface area contributed by atoms with Crippen molar-refractivity contribution in [1.82, 2.24) is 4.90 Å². The number of carbonyl (C=O) groups is 2. The minimum absolute atomic E-state index is 0.0521. The SMILES string of the molecule is CC1C(=O)N(Cc2cc(C#CCCO)cs2)C(=O)C1C. The molecular formula is C15H17NO3S. The molecule has 1 fully saturated rings. The summed E-state index contributed by atoms with van der Waals surface area (Å²) < 4.78 is 0. The highest BCUT2D eigenvalue weighted by Gasteiger charge is 2.42. The molecule has 1 N–H and O–H groups in total. The predicted molar refractivity (Wildman–Crippen MR) is 76.8 cm³/mol. The van der Waals surface area contributed by atoms with Gasteiger partial charge in [0.2, 0.25) is 11.8 Å². The van der Waals surface area contributed by atoms with Crippen molar-refractivity contribution in [3.05, 3.63) is 21.9 Å². The summed E-state index contributed by atoms with van der Waals surface area (Å²) in [6.07, 6.45) is 0.448. The van der Waals surface area contributed by atoms with Crippen LogP contribution in [0.15, 0.2) is 11.4 Å². The van der Waals surface area contributed by atoms with Crippen LogP contribution in [0.5, 0.6) is 0 Å². The fourth-order valence-corrected chi connectivity index (χ4v) is 2.89. The van der Waals surface area contributed by atoms with Gasteiger partial charge in [-0.25, -0.2) is 0 Å². The number of aliphatic hydroxyl groups is 1. The standard InChI is InChI=1S/C15H17NO3S/c1-10-11(2)15(19)16(14(10)18)8-13-7-12(9-20-13)5-3-4-6-17/h7,9-11,17H,4,6,8H2,1-2H3. The number of imide groups is 1. The number of aliphatic hydroxyl groups excluding tert-OH is 1. The molecule has 2 amide bonds. The van der Waals surface area contributed by atoms with Gasteiger partial charge in [0, 0.05) is 34.1 Å². The number of amides is 2. The molecule has 4 nitrogen and oxygen atoms in total. The lowest BCUT2D eigenvalue weighted by Gasteiger charge is -2.12. The van der Waals surface area contributed by atoms with Crippen LogP contribution in [0.25, 0.3) is 0 Å². The van der Waals surface area contributed by atoms with Gasteiger partial charge in [0.05, 0.1) is 13.2 Å². The zero-order chi connectivity index (χ0) is 14.7. The van der Waals surface area contributed by atoms with Crippen LogP contribution in [0, 0.1) is 23.7 Å². The maximum Gasteiger partial charge on any atom is 0.233 e. The first-order chi connectivity index (χ1) is 9.54. The third-order valence-electron chi connectivity index (χ3n) is 3.50. The van der Waals surface area contributed by atoms with Gasteiger partial charge in [0.1, 0.15) is 0 Å². The third-order valence-corrected chi connectivity index (χ3v) is 4.42. The van der Waals surface area contributed by atoms with Crippen molar-refractivity contribution >= 4 is 23.2 Å². The zero-order valence-corrected chi connectivity index (χ0v) is 12.4. The Hall–Kier alpha value is -1.64. The highest BCUT2D eigenvalue weighted by molar-refractivity contribution is 7.10. The smallest absolute Gasteiger partial charge is 0.233 e. The van der Waals surface area contributed by atoms with Gasteiger partial charge >= 0.3 is 0 Å². The van der Waals surface area contributed by atoms with Gasteiger partial charge in [-0.05, 0) is 6.07 Å². The van der Waals surface area contributed by atoms with Crippen molar-refractivity contribution in [2.45, 2.75) is 26.8 Å². The minimum atomic E-state index is -0.230. The van der Waals surface area contributed by atoms with Crippen LogP contribution in [-0.4, -0.2) is 28.4 Å². The van der Waals surface area contributed by atoms with E-state index in [1.54, 1.807) is 13.8 Å². The quantitative estimate of drug-likeness (QED) is 0.680. The summed E-state index contributed by atoms with van der Waals surface area (Å²) in [6.45, 7) is 3.98. The van der Waals surface area contributed by atoms with Crippen LogP contribution in [0.2, 0.25) is 0 Å². The first-order valence-electron chi connectivity index (χ1n) is 6.57. The highest BCUT2D eigenvalue weighted by Crippen LogP contribution is 2.28. The topological polar surface area (TPSA) is 57.6 Å². The molecule has 0 aliphatic carbocycles. The molecule has 1 aromatic rings. The number of nitrogens with zero attached hydrogens (tertiary/aromatic N) is 1. The average molecular weight is 291 g/mol. The van der Waals surface area contributed by atoms with Crippen molar-refractivity contribution < 1.29 is 14.7 Å². The van der Waals surface area contributed by atoms with E-state index in [9.17, 15) is 9.59 Å². The van der Waals surface area contributed by atoms with Gasteiger partial charge < -0.3 is 5.11 Å². The summed E-state index contributed by atoms with van der Waals surface area (Å²) in [5, 5.41) is 10.6. The maximum absolute atomic E-state index is 12.0. The Kier molecular flexibility index (Phi) is 4.58. The zero-order valence-electron chi connectivity index (χ0n) is 11.5. The van der Waals surface area contributed by atoms with Crippen molar-refractivity contribution in [2.24, 2.45) is 11.8 Å². The van der Waals surface area contributed by atoms with E-state index in [1.807, 2.05) is 11.4 Å². The van der Waals surface area contributed by atoms with Crippen molar-refractivity contribution in [1.29, 1.82) is 0 Å². The number of hydrogen-bond donors (Lipinski definition) is 1. The molecule has 2 rings (SSSR count). The monoisotopic (exact) mass is 291 g/mol. The second-order valence-corrected chi connectivity index (χ2v) is 5.91. The number of carbonyl (C=O) groups excluding carboxylic acids is 2. The van der Waals surface area contributed by atoms with E-state index in [1.165, 1.54) is 16.2 Å². The van der Waals surface area contributed by atoms with Crippen LogP contribution in [0.1, 0.15) is 30.7 Å². The lowest BCUT2D eigenvalue weighted by atomic mass is 10.00. The summed E-state index contributed by atoms with van der Waals surface area (Å²) in [7, 11) is 0. The Morgan fingerprint density at radius 1 is 1.30 bits per heavy atom. The predicted octanol–water partition coefficient (Wildman–Crippen LogP) is 1.62. The molecule has 1 aromatic heterocycles. The molecule has 1 aliphatic heterocycles. The lowest BCUT2D eigenvalue weighted by molar-refractivity contribution is -0.140. The second-order valence-electron chi connectivity index (χ2n) is 4.92. The minimum Gasteiger partial charge on any atom is -0.395 e. The van der Waals surface area contributed by atoms with Crippen LogP contribution in [-0.2, 0) is 16.1 Å². The van der Waals surface area contributed by atoms with E-state index < -0.39 is 0 Å². The van der Waals surface area contributed by atoms with E-state index in [0.29, 0.717) is 13.0 Å². The molecule has 106 valence electrons. The molecule has 0 radical (unpaired) electrons. The van der Waals surface area contributed by atoms with Gasteiger partial charge in [-0.2, -0.15) is 0 Å². The summed E-state index contributed by atoms with van der Waals surface area (Å²) in [4.78, 5) is 26.3. The number of likely N-dealkylation sites (tertiary alicyclic amines) is 1. The van der Waals surface area contributed by atoms with Gasteiger partial charge in [0.25, 0.3) is 0 Å². The molecule has 0 saturated carbocycles. The van der Waals surface area contributed by atoms with Gasteiger partial charge in [-0.1, -0.05) is 25.7 Å². The number of hydrogen-bond acceptors (Lipinski definition) is 4. The summed E-state index contributed by atoms with van der Waals surface area (Å²) >= 11 is 1.49. The molecule has 1 aliphatic rings. The van der Waals surface area contributed by atoms with Crippen LogP contribution < -0.4 is 0 Å². The van der Waals surface area contributed by atoms with Gasteiger partial charge in [-0.15, -0.1) is 11.3 Å². The van der Waals surface area contributed by atoms with Crippen molar-refractivity contribution in [3.63, 3.8) is 0 Å². The highest BCUT2D eigenvalue weighted by atomic mass is 32.1. The van der Waals surface area contributed by atoms with Crippen LogP contribution >= 0.6 is 11.3 Å². The Morgan fingerprint density at radius 3 is 2.55 bits per heavy atom. The summed E-state index contributed by atoms with van der Waals surface area (Å²) in [5.41, 5.74) is 0.860. The normalized spacial score (nSPS) is 22.1. The molecule has 2 heterocycles. The van der Waals surface area contributed by atoms with E-state index in [0.717, 1.165) is 10.4 Å². The Balaban J connectivity index is 2.06. The molecule has 20 heavy (non-hydrogen) atoms. The fourth-order valence-electron chi connectivity index (χ4n) is 2.09. The third kappa shape index (κ3) is 2.92. The summed E-state index contributed by atoms with van der Waals surface area (Å²) in [6, 6.07) is 1.89. The average Bonchev–Trinajstić information content (AvgIpc) is 2.95. The molecular weight excluding hydrogens is 274 g/mol. The molecule has 1 saturated heterocycles. The van der Waals surface area contributed by atoms with E-state index in [-0.39, 0.29) is 30.3 Å². The fraction of sp³-hybridized carbons (Fsp3) is 0.467. The number of rotatable bonds is 3. The summed E-state index contributed by atoms with van der Waals surface area (Å²) in [5.74, 6) is 5.14. The van der Waals surface area contributed by atoms with E-state index in [4.69, 9.17) is 5.11 Å². The maximum atomic E-state index is 12.0. The number of thiophene rings is 1. The molecule has 0 bridgehead atoms. The molecule has 0 spiro atoms. The largest absolute Gasteiger partial charge is 0.395 e. The first kappa shape index (κ1) is 14.8. The Bertz CT molecular complexity index is 561. The van der Waals surface area contributed by atoms with Crippen LogP contribution in [0.3, 0.4) is 0 Å². The Morgan fingerprint density at radius 2 is 1.95 bits per heavy atom. The van der Waals surface area contributed by atoms with Crippen molar-refractivity contribution in [3.8, 4) is 11.8 Å². The van der Waals surface area contributed by atoms with E-state index in [2.05, 4.69) is 11.8 Å².